The zero-order valence-electron chi connectivity index (χ0n) is 16.6. The van der Waals surface area contributed by atoms with E-state index in [4.69, 9.17) is 4.99 Å². The van der Waals surface area contributed by atoms with E-state index in [0.717, 1.165) is 45.1 Å². The molecule has 2 saturated heterocycles. The largest absolute Gasteiger partial charge is 0.357 e. The molecule has 0 radical (unpaired) electrons. The number of guanidine groups is 1. The van der Waals surface area contributed by atoms with Crippen molar-refractivity contribution in [2.75, 3.05) is 39.3 Å². The number of likely N-dealkylation sites (tertiary alicyclic amines) is 2. The molecule has 0 aromatic rings. The maximum absolute atomic E-state index is 12.1. The fourth-order valence-corrected chi connectivity index (χ4v) is 3.74. The number of nitrogens with zero attached hydrogens (tertiary/aromatic N) is 3. The van der Waals surface area contributed by atoms with Crippen LogP contribution in [-0.2, 0) is 4.79 Å². The fraction of sp³-hybridized carbons (Fsp3) is 0.895. The third-order valence-corrected chi connectivity index (χ3v) is 5.28. The first-order valence-electron chi connectivity index (χ1n) is 10.1. The van der Waals surface area contributed by atoms with Gasteiger partial charge in [0.05, 0.1) is 6.54 Å². The summed E-state index contributed by atoms with van der Waals surface area (Å²) < 4.78 is 0. The van der Waals surface area contributed by atoms with Gasteiger partial charge in [-0.1, -0.05) is 20.3 Å². The number of piperidine rings is 1. The van der Waals surface area contributed by atoms with Gasteiger partial charge in [-0.25, -0.2) is 0 Å². The molecule has 2 rings (SSSR count). The van der Waals surface area contributed by atoms with Crippen molar-refractivity contribution in [3.05, 3.63) is 0 Å². The molecule has 2 unspecified atom stereocenters. The lowest BCUT2D eigenvalue weighted by Gasteiger charge is -2.32. The molecule has 2 N–H and O–H groups in total. The molecule has 2 aliphatic rings. The molecule has 0 bridgehead atoms. The highest BCUT2D eigenvalue weighted by Gasteiger charge is 2.28. The summed E-state index contributed by atoms with van der Waals surface area (Å²) in [4.78, 5) is 21.4. The van der Waals surface area contributed by atoms with Gasteiger partial charge in [0.2, 0.25) is 5.91 Å². The number of aliphatic imine (C=N–C) groups is 1. The molecule has 1 amide bonds. The van der Waals surface area contributed by atoms with Crippen molar-refractivity contribution in [2.45, 2.75) is 65.5 Å². The smallest absolute Gasteiger partial charge is 0.225 e. The van der Waals surface area contributed by atoms with Crippen LogP contribution in [0.4, 0.5) is 0 Å². The van der Waals surface area contributed by atoms with Crippen LogP contribution in [0.3, 0.4) is 0 Å². The molecular formula is C19H37N5O. The summed E-state index contributed by atoms with van der Waals surface area (Å²) in [5.41, 5.74) is 0. The van der Waals surface area contributed by atoms with E-state index in [0.29, 0.717) is 12.1 Å². The van der Waals surface area contributed by atoms with Gasteiger partial charge in [0.1, 0.15) is 0 Å². The SMILES string of the molecule is CCNC(=NCCN1CCCCC1C)NC1CCN(C(=O)C(C)C)C1. The molecule has 0 aliphatic carbocycles. The zero-order chi connectivity index (χ0) is 18.2. The Labute approximate surface area is 153 Å². The van der Waals surface area contributed by atoms with Crippen molar-refractivity contribution in [3.8, 4) is 0 Å². The maximum Gasteiger partial charge on any atom is 0.225 e. The highest BCUT2D eigenvalue weighted by atomic mass is 16.2. The third-order valence-electron chi connectivity index (χ3n) is 5.28. The van der Waals surface area contributed by atoms with E-state index in [2.05, 4.69) is 29.4 Å². The molecule has 0 aromatic heterocycles. The number of nitrogens with one attached hydrogen (secondary N) is 2. The lowest BCUT2D eigenvalue weighted by atomic mass is 10.0. The summed E-state index contributed by atoms with van der Waals surface area (Å²) >= 11 is 0. The molecule has 0 aromatic carbocycles. The summed E-state index contributed by atoms with van der Waals surface area (Å²) in [6.07, 6.45) is 4.97. The summed E-state index contributed by atoms with van der Waals surface area (Å²) in [6, 6.07) is 0.985. The second-order valence-electron chi connectivity index (χ2n) is 7.71. The standard InChI is InChI=1S/C19H37N5O/c1-5-20-19(21-10-13-23-11-7-6-8-16(23)4)22-17-9-12-24(14-17)18(25)15(2)3/h15-17H,5-14H2,1-4H3,(H2,20,21,22). The minimum atomic E-state index is 0.0761. The molecule has 144 valence electrons. The van der Waals surface area contributed by atoms with Crippen LogP contribution in [0.5, 0.6) is 0 Å². The van der Waals surface area contributed by atoms with Crippen LogP contribution in [0.15, 0.2) is 4.99 Å². The van der Waals surface area contributed by atoms with Gasteiger partial charge < -0.3 is 15.5 Å². The van der Waals surface area contributed by atoms with E-state index >= 15 is 0 Å². The molecule has 0 spiro atoms. The van der Waals surface area contributed by atoms with Crippen molar-refractivity contribution in [3.63, 3.8) is 0 Å². The van der Waals surface area contributed by atoms with Gasteiger partial charge in [0.25, 0.3) is 0 Å². The molecule has 2 fully saturated rings. The van der Waals surface area contributed by atoms with Crippen LogP contribution in [-0.4, -0.2) is 73.0 Å². The van der Waals surface area contributed by atoms with Crippen molar-refractivity contribution >= 4 is 11.9 Å². The molecule has 6 heteroatoms. The van der Waals surface area contributed by atoms with E-state index in [1.165, 1.54) is 25.8 Å². The van der Waals surface area contributed by atoms with Crippen molar-refractivity contribution in [1.82, 2.24) is 20.4 Å². The second-order valence-corrected chi connectivity index (χ2v) is 7.71. The van der Waals surface area contributed by atoms with Crippen LogP contribution < -0.4 is 10.6 Å². The summed E-state index contributed by atoms with van der Waals surface area (Å²) in [5.74, 6) is 1.22. The topological polar surface area (TPSA) is 60.0 Å². The van der Waals surface area contributed by atoms with Gasteiger partial charge >= 0.3 is 0 Å². The summed E-state index contributed by atoms with van der Waals surface area (Å²) in [5, 5.41) is 6.86. The van der Waals surface area contributed by atoms with Gasteiger partial charge in [-0.15, -0.1) is 0 Å². The third kappa shape index (κ3) is 6.17. The summed E-state index contributed by atoms with van der Waals surface area (Å²) in [6.45, 7) is 13.9. The van der Waals surface area contributed by atoms with Gasteiger partial charge in [0, 0.05) is 44.2 Å². The highest BCUT2D eigenvalue weighted by Crippen LogP contribution is 2.15. The lowest BCUT2D eigenvalue weighted by Crippen LogP contribution is -2.46. The first-order valence-corrected chi connectivity index (χ1v) is 10.1. The van der Waals surface area contributed by atoms with Gasteiger partial charge in [-0.3, -0.25) is 14.7 Å². The van der Waals surface area contributed by atoms with E-state index < -0.39 is 0 Å². The Bertz CT molecular complexity index is 451. The summed E-state index contributed by atoms with van der Waals surface area (Å²) in [7, 11) is 0. The van der Waals surface area contributed by atoms with Crippen LogP contribution in [0.2, 0.25) is 0 Å². The first-order chi connectivity index (χ1) is 12.0. The number of hydrogen-bond donors (Lipinski definition) is 2. The van der Waals surface area contributed by atoms with E-state index in [9.17, 15) is 4.79 Å². The van der Waals surface area contributed by atoms with Crippen molar-refractivity contribution in [1.29, 1.82) is 0 Å². The average Bonchev–Trinajstić information content (AvgIpc) is 3.04. The Hall–Kier alpha value is -1.30. The Balaban J connectivity index is 1.80. The number of carbonyl (C=O) groups excluding carboxylic acids is 1. The van der Waals surface area contributed by atoms with E-state index in [1.807, 2.05) is 18.7 Å². The number of rotatable bonds is 6. The van der Waals surface area contributed by atoms with Crippen LogP contribution in [0.25, 0.3) is 0 Å². The normalized spacial score (nSPS) is 25.5. The molecule has 2 heterocycles. The highest BCUT2D eigenvalue weighted by molar-refractivity contribution is 5.81. The van der Waals surface area contributed by atoms with Gasteiger partial charge in [-0.05, 0) is 39.7 Å². The molecule has 2 atom stereocenters. The molecule has 2 aliphatic heterocycles. The van der Waals surface area contributed by atoms with E-state index in [1.54, 1.807) is 0 Å². The van der Waals surface area contributed by atoms with Gasteiger partial charge in [0.15, 0.2) is 5.96 Å². The molecule has 6 nitrogen and oxygen atoms in total. The predicted molar refractivity (Wildman–Crippen MR) is 104 cm³/mol. The predicted octanol–water partition coefficient (Wildman–Crippen LogP) is 1.67. The lowest BCUT2D eigenvalue weighted by molar-refractivity contribution is -0.133. The zero-order valence-corrected chi connectivity index (χ0v) is 16.6. The minimum Gasteiger partial charge on any atom is -0.357 e. The Kier molecular flexibility index (Phi) is 8.00. The molecule has 0 saturated carbocycles. The first kappa shape index (κ1) is 20.0. The fourth-order valence-electron chi connectivity index (χ4n) is 3.74. The minimum absolute atomic E-state index is 0.0761. The van der Waals surface area contributed by atoms with E-state index in [-0.39, 0.29) is 11.8 Å². The number of carbonyl (C=O) groups is 1. The second kappa shape index (κ2) is 10.00. The number of amides is 1. The molecule has 25 heavy (non-hydrogen) atoms. The molecular weight excluding hydrogens is 314 g/mol. The van der Waals surface area contributed by atoms with Crippen LogP contribution >= 0.6 is 0 Å². The van der Waals surface area contributed by atoms with Gasteiger partial charge in [-0.2, -0.15) is 0 Å². The Morgan fingerprint density at radius 3 is 2.72 bits per heavy atom. The van der Waals surface area contributed by atoms with Crippen LogP contribution in [0.1, 0.15) is 53.4 Å². The van der Waals surface area contributed by atoms with Crippen molar-refractivity contribution < 1.29 is 4.79 Å². The van der Waals surface area contributed by atoms with Crippen molar-refractivity contribution in [2.24, 2.45) is 10.9 Å². The Morgan fingerprint density at radius 2 is 2.04 bits per heavy atom. The Morgan fingerprint density at radius 1 is 1.24 bits per heavy atom. The average molecular weight is 352 g/mol. The number of hydrogen-bond acceptors (Lipinski definition) is 3. The monoisotopic (exact) mass is 351 g/mol. The van der Waals surface area contributed by atoms with Crippen LogP contribution in [0, 0.1) is 5.92 Å². The quantitative estimate of drug-likeness (QED) is 0.565. The maximum atomic E-state index is 12.1.